The molecule has 0 rings (SSSR count). The van der Waals surface area contributed by atoms with Gasteiger partial charge in [0.1, 0.15) is 12.7 Å². The Bertz CT molecular complexity index is 969. The molecule has 2 unspecified atom stereocenters. The van der Waals surface area contributed by atoms with E-state index in [-0.39, 0.29) is 25.7 Å². The van der Waals surface area contributed by atoms with E-state index in [1.54, 1.807) is 0 Å². The molecule has 61 heavy (non-hydrogen) atoms. The Kier molecular flexibility index (Phi) is 47.7. The Labute approximate surface area is 377 Å². The SMILES string of the molecule is CCCCCCCCCCCCCCCCCCCCCCCC(=O)OCC(O)COP(=O)(O)OCCNC(=O)CCCCCCCCCCCCCCCCCCCCC. The molecule has 0 fully saturated rings. The zero-order valence-corrected chi connectivity index (χ0v) is 41.3. The summed E-state index contributed by atoms with van der Waals surface area (Å²) in [6, 6.07) is 0. The Hall–Kier alpha value is -0.990. The first-order valence-corrected chi connectivity index (χ1v) is 28.0. The van der Waals surface area contributed by atoms with E-state index in [9.17, 15) is 24.2 Å². The molecular weight excluding hydrogens is 786 g/mol. The van der Waals surface area contributed by atoms with E-state index >= 15 is 0 Å². The topological polar surface area (TPSA) is 131 Å². The van der Waals surface area contributed by atoms with Crippen molar-refractivity contribution < 1.29 is 37.9 Å². The lowest BCUT2D eigenvalue weighted by Crippen LogP contribution is -2.27. The van der Waals surface area contributed by atoms with Crippen molar-refractivity contribution in [2.75, 3.05) is 26.4 Å². The van der Waals surface area contributed by atoms with Crippen LogP contribution in [0.15, 0.2) is 0 Å². The molecule has 9 nitrogen and oxygen atoms in total. The van der Waals surface area contributed by atoms with Crippen LogP contribution >= 0.6 is 7.82 Å². The number of hydrogen-bond donors (Lipinski definition) is 3. The monoisotopic (exact) mass is 888 g/mol. The summed E-state index contributed by atoms with van der Waals surface area (Å²) in [5, 5.41) is 12.8. The van der Waals surface area contributed by atoms with Gasteiger partial charge in [-0.15, -0.1) is 0 Å². The van der Waals surface area contributed by atoms with E-state index in [0.29, 0.717) is 12.8 Å². The van der Waals surface area contributed by atoms with Gasteiger partial charge in [-0.3, -0.25) is 18.6 Å². The normalized spacial score (nSPS) is 13.0. The predicted octanol–water partition coefficient (Wildman–Crippen LogP) is 15.6. The Morgan fingerprint density at radius 1 is 0.443 bits per heavy atom. The van der Waals surface area contributed by atoms with E-state index in [2.05, 4.69) is 19.2 Å². The average molecular weight is 888 g/mol. The molecule has 0 bridgehead atoms. The van der Waals surface area contributed by atoms with Gasteiger partial charge < -0.3 is 20.1 Å². The highest BCUT2D eigenvalue weighted by Crippen LogP contribution is 2.42. The summed E-state index contributed by atoms with van der Waals surface area (Å²) in [5.41, 5.74) is 0. The molecule has 0 aliphatic heterocycles. The summed E-state index contributed by atoms with van der Waals surface area (Å²) >= 11 is 0. The van der Waals surface area contributed by atoms with Crippen LogP contribution in [0.1, 0.15) is 284 Å². The highest BCUT2D eigenvalue weighted by Gasteiger charge is 2.23. The maximum atomic E-state index is 12.2. The van der Waals surface area contributed by atoms with Gasteiger partial charge in [-0.1, -0.05) is 258 Å². The molecular formula is C51H102NO8P. The molecule has 2 atom stereocenters. The van der Waals surface area contributed by atoms with E-state index < -0.39 is 26.5 Å². The maximum absolute atomic E-state index is 12.2. The largest absolute Gasteiger partial charge is 0.472 e. The number of phosphoric ester groups is 1. The summed E-state index contributed by atoms with van der Waals surface area (Å²) in [7, 11) is -4.41. The highest BCUT2D eigenvalue weighted by molar-refractivity contribution is 7.47. The molecule has 0 aromatic heterocycles. The predicted molar refractivity (Wildman–Crippen MR) is 257 cm³/mol. The van der Waals surface area contributed by atoms with E-state index in [1.807, 2.05) is 0 Å². The first kappa shape index (κ1) is 60.0. The Morgan fingerprint density at radius 2 is 0.738 bits per heavy atom. The van der Waals surface area contributed by atoms with Gasteiger partial charge in [-0.2, -0.15) is 0 Å². The van der Waals surface area contributed by atoms with Crippen LogP contribution in [0.25, 0.3) is 0 Å². The Balaban J connectivity index is 3.49. The molecule has 3 N–H and O–H groups in total. The Morgan fingerprint density at radius 3 is 1.07 bits per heavy atom. The second kappa shape index (κ2) is 48.5. The summed E-state index contributed by atoms with van der Waals surface area (Å²) in [5.74, 6) is -0.497. The number of aliphatic hydroxyl groups is 1. The van der Waals surface area contributed by atoms with Crippen LogP contribution in [0.3, 0.4) is 0 Å². The van der Waals surface area contributed by atoms with Gasteiger partial charge in [-0.25, -0.2) is 4.57 Å². The number of carbonyl (C=O) groups excluding carboxylic acids is 2. The third kappa shape index (κ3) is 49.9. The lowest BCUT2D eigenvalue weighted by Gasteiger charge is -2.15. The number of hydrogen-bond acceptors (Lipinski definition) is 7. The molecule has 0 radical (unpaired) electrons. The zero-order valence-electron chi connectivity index (χ0n) is 40.4. The van der Waals surface area contributed by atoms with Gasteiger partial charge in [0, 0.05) is 19.4 Å². The number of amides is 1. The molecule has 0 aliphatic carbocycles. The van der Waals surface area contributed by atoms with Crippen molar-refractivity contribution in [2.24, 2.45) is 0 Å². The van der Waals surface area contributed by atoms with Gasteiger partial charge in [0.25, 0.3) is 0 Å². The summed E-state index contributed by atoms with van der Waals surface area (Å²) in [6.07, 6.45) is 51.9. The minimum Gasteiger partial charge on any atom is -0.463 e. The summed E-state index contributed by atoms with van der Waals surface area (Å²) < 4.78 is 27.0. The van der Waals surface area contributed by atoms with E-state index in [0.717, 1.165) is 38.5 Å². The molecule has 0 aromatic rings. The minimum absolute atomic E-state index is 0.0889. The van der Waals surface area contributed by atoms with Crippen LogP contribution in [-0.4, -0.2) is 54.3 Å². The van der Waals surface area contributed by atoms with Gasteiger partial charge in [-0.05, 0) is 12.8 Å². The minimum atomic E-state index is -4.41. The van der Waals surface area contributed by atoms with Crippen molar-refractivity contribution in [3.8, 4) is 0 Å². The smallest absolute Gasteiger partial charge is 0.463 e. The van der Waals surface area contributed by atoms with Gasteiger partial charge >= 0.3 is 13.8 Å². The van der Waals surface area contributed by atoms with Crippen molar-refractivity contribution in [2.45, 2.75) is 290 Å². The van der Waals surface area contributed by atoms with Crippen molar-refractivity contribution in [1.29, 1.82) is 0 Å². The van der Waals surface area contributed by atoms with E-state index in [4.69, 9.17) is 13.8 Å². The van der Waals surface area contributed by atoms with Gasteiger partial charge in [0.15, 0.2) is 0 Å². The third-order valence-electron chi connectivity index (χ3n) is 12.0. The lowest BCUT2D eigenvalue weighted by atomic mass is 10.0. The highest BCUT2D eigenvalue weighted by atomic mass is 31.2. The fourth-order valence-corrected chi connectivity index (χ4v) is 8.79. The molecule has 0 saturated heterocycles. The average Bonchev–Trinajstić information content (AvgIpc) is 3.25. The van der Waals surface area contributed by atoms with Gasteiger partial charge in [0.05, 0.1) is 13.2 Å². The molecule has 0 heterocycles. The second-order valence-electron chi connectivity index (χ2n) is 18.2. The summed E-state index contributed by atoms with van der Waals surface area (Å²) in [6.45, 7) is 3.63. The number of aliphatic hydroxyl groups excluding tert-OH is 1. The summed E-state index contributed by atoms with van der Waals surface area (Å²) in [4.78, 5) is 34.1. The number of esters is 1. The number of rotatable bonds is 51. The van der Waals surface area contributed by atoms with Gasteiger partial charge in [0.2, 0.25) is 5.91 Å². The molecule has 1 amide bonds. The van der Waals surface area contributed by atoms with Crippen molar-refractivity contribution in [3.05, 3.63) is 0 Å². The fraction of sp³-hybridized carbons (Fsp3) is 0.961. The third-order valence-corrected chi connectivity index (χ3v) is 13.0. The molecule has 364 valence electrons. The van der Waals surface area contributed by atoms with Crippen LogP contribution in [0.2, 0.25) is 0 Å². The maximum Gasteiger partial charge on any atom is 0.472 e. The lowest BCUT2D eigenvalue weighted by molar-refractivity contribution is -0.147. The molecule has 0 spiro atoms. The second-order valence-corrected chi connectivity index (χ2v) is 19.7. The zero-order chi connectivity index (χ0) is 44.6. The number of carbonyl (C=O) groups is 2. The van der Waals surface area contributed by atoms with Crippen LogP contribution < -0.4 is 5.32 Å². The molecule has 10 heteroatoms. The van der Waals surface area contributed by atoms with Crippen molar-refractivity contribution >= 4 is 19.7 Å². The first-order valence-electron chi connectivity index (χ1n) is 26.5. The fourth-order valence-electron chi connectivity index (χ4n) is 8.03. The van der Waals surface area contributed by atoms with E-state index in [1.165, 1.54) is 218 Å². The van der Waals surface area contributed by atoms with Crippen molar-refractivity contribution in [1.82, 2.24) is 5.32 Å². The number of nitrogens with one attached hydrogen (secondary N) is 1. The van der Waals surface area contributed by atoms with Crippen LogP contribution in [0.4, 0.5) is 0 Å². The molecule has 0 aliphatic rings. The van der Waals surface area contributed by atoms with Crippen LogP contribution in [0.5, 0.6) is 0 Å². The standard InChI is InChI=1S/C51H102NO8P/c1-3-5-7-9-11-13-15-17-19-21-23-24-26-28-30-32-34-36-38-40-42-44-51(55)58-47-49(53)48-60-61(56,57)59-46-45-52-50(54)43-41-39-37-35-33-31-29-27-25-22-20-18-16-14-12-10-8-6-4-2/h49,53H,3-48H2,1-2H3,(H,52,54)(H,56,57). The van der Waals surface area contributed by atoms with Crippen LogP contribution in [-0.2, 0) is 27.9 Å². The number of phosphoric acid groups is 1. The van der Waals surface area contributed by atoms with Crippen molar-refractivity contribution in [3.63, 3.8) is 0 Å². The first-order chi connectivity index (χ1) is 29.8. The molecule has 0 aromatic carbocycles. The van der Waals surface area contributed by atoms with Crippen LogP contribution in [0, 0.1) is 0 Å². The quantitative estimate of drug-likeness (QED) is 0.0313. The molecule has 0 saturated carbocycles. The number of ether oxygens (including phenoxy) is 1. The number of unbranched alkanes of at least 4 members (excludes halogenated alkanes) is 38.